The van der Waals surface area contributed by atoms with Crippen molar-refractivity contribution in [1.29, 1.82) is 0 Å². The fourth-order valence-corrected chi connectivity index (χ4v) is 1.55. The molecule has 15 heavy (non-hydrogen) atoms. The van der Waals surface area contributed by atoms with E-state index in [2.05, 4.69) is 17.2 Å². The van der Waals surface area contributed by atoms with Crippen LogP contribution >= 0.6 is 0 Å². The Bertz CT molecular complexity index is 245. The number of pyridine rings is 1. The van der Waals surface area contributed by atoms with Crippen LogP contribution in [0, 0.1) is 0 Å². The van der Waals surface area contributed by atoms with Crippen molar-refractivity contribution in [2.75, 3.05) is 13.7 Å². The molecule has 0 fully saturated rings. The number of nitrogens with zero attached hydrogens (tertiary/aromatic N) is 1. The third kappa shape index (κ3) is 4.91. The van der Waals surface area contributed by atoms with Gasteiger partial charge in [-0.2, -0.15) is 0 Å². The Morgan fingerprint density at radius 3 is 2.93 bits per heavy atom. The van der Waals surface area contributed by atoms with Crippen molar-refractivity contribution < 1.29 is 4.74 Å². The molecule has 1 rings (SSSR count). The molecule has 1 aromatic rings. The number of aromatic nitrogens is 1. The van der Waals surface area contributed by atoms with Gasteiger partial charge in [0.2, 0.25) is 0 Å². The van der Waals surface area contributed by atoms with Crippen LogP contribution in [0.1, 0.15) is 25.5 Å². The summed E-state index contributed by atoms with van der Waals surface area (Å²) in [7, 11) is 1.74. The highest BCUT2D eigenvalue weighted by Crippen LogP contribution is 1.99. The number of hydrogen-bond acceptors (Lipinski definition) is 3. The molecule has 0 saturated carbocycles. The molecular weight excluding hydrogens is 188 g/mol. The van der Waals surface area contributed by atoms with E-state index in [4.69, 9.17) is 4.74 Å². The van der Waals surface area contributed by atoms with Crippen LogP contribution in [0.25, 0.3) is 0 Å². The van der Waals surface area contributed by atoms with E-state index in [9.17, 15) is 0 Å². The third-order valence-electron chi connectivity index (χ3n) is 2.30. The summed E-state index contributed by atoms with van der Waals surface area (Å²) in [5, 5.41) is 3.45. The predicted molar refractivity (Wildman–Crippen MR) is 61.6 cm³/mol. The van der Waals surface area contributed by atoms with Crippen molar-refractivity contribution in [2.24, 2.45) is 0 Å². The summed E-state index contributed by atoms with van der Waals surface area (Å²) in [5.74, 6) is 0. The van der Waals surface area contributed by atoms with E-state index in [1.807, 2.05) is 24.4 Å². The molecule has 1 atom stereocenters. The molecule has 0 spiro atoms. The lowest BCUT2D eigenvalue weighted by atomic mass is 10.2. The summed E-state index contributed by atoms with van der Waals surface area (Å²) >= 11 is 0. The van der Waals surface area contributed by atoms with Crippen LogP contribution in [-0.2, 0) is 11.3 Å². The van der Waals surface area contributed by atoms with Crippen molar-refractivity contribution in [3.05, 3.63) is 30.1 Å². The maximum absolute atomic E-state index is 5.16. The molecule has 0 aliphatic rings. The Hall–Kier alpha value is -0.930. The first-order valence-electron chi connectivity index (χ1n) is 5.49. The largest absolute Gasteiger partial charge is 0.383 e. The molecule has 3 heteroatoms. The zero-order valence-electron chi connectivity index (χ0n) is 9.57. The normalized spacial score (nSPS) is 12.7. The molecule has 1 aromatic heterocycles. The molecule has 0 aliphatic heterocycles. The highest BCUT2D eigenvalue weighted by Gasteiger charge is 2.06. The summed E-state index contributed by atoms with van der Waals surface area (Å²) in [4.78, 5) is 4.27. The van der Waals surface area contributed by atoms with Crippen LogP contribution in [0.2, 0.25) is 0 Å². The van der Waals surface area contributed by atoms with Crippen molar-refractivity contribution in [1.82, 2.24) is 10.3 Å². The molecule has 0 aliphatic carbocycles. The summed E-state index contributed by atoms with van der Waals surface area (Å²) < 4.78 is 5.16. The van der Waals surface area contributed by atoms with Gasteiger partial charge in [0.05, 0.1) is 12.3 Å². The summed E-state index contributed by atoms with van der Waals surface area (Å²) in [5.41, 5.74) is 1.08. The molecule has 1 unspecified atom stereocenters. The average Bonchev–Trinajstić information content (AvgIpc) is 2.28. The molecule has 0 bridgehead atoms. The predicted octanol–water partition coefficient (Wildman–Crippen LogP) is 1.99. The summed E-state index contributed by atoms with van der Waals surface area (Å²) in [6.45, 7) is 3.76. The number of rotatable bonds is 7. The maximum Gasteiger partial charge on any atom is 0.0615 e. The van der Waals surface area contributed by atoms with E-state index in [1.165, 1.54) is 6.42 Å². The second kappa shape index (κ2) is 7.37. The summed E-state index contributed by atoms with van der Waals surface area (Å²) in [6.07, 6.45) is 4.13. The SMILES string of the molecule is CCCC(COC)NCc1ccccn1. The number of nitrogens with one attached hydrogen (secondary N) is 1. The van der Waals surface area contributed by atoms with Gasteiger partial charge in [-0.25, -0.2) is 0 Å². The lowest BCUT2D eigenvalue weighted by Crippen LogP contribution is -2.32. The molecule has 0 saturated heterocycles. The van der Waals surface area contributed by atoms with E-state index in [0.717, 1.165) is 25.3 Å². The van der Waals surface area contributed by atoms with Gasteiger partial charge < -0.3 is 10.1 Å². The second-order valence-corrected chi connectivity index (χ2v) is 3.64. The number of methoxy groups -OCH3 is 1. The van der Waals surface area contributed by atoms with Gasteiger partial charge in [-0.1, -0.05) is 19.4 Å². The Kier molecular flexibility index (Phi) is 5.97. The fraction of sp³-hybridized carbons (Fsp3) is 0.583. The van der Waals surface area contributed by atoms with E-state index < -0.39 is 0 Å². The first kappa shape index (κ1) is 12.1. The van der Waals surface area contributed by atoms with Crippen LogP contribution < -0.4 is 5.32 Å². The van der Waals surface area contributed by atoms with Gasteiger partial charge in [0.15, 0.2) is 0 Å². The lowest BCUT2D eigenvalue weighted by molar-refractivity contribution is 0.161. The van der Waals surface area contributed by atoms with Crippen LogP contribution in [0.3, 0.4) is 0 Å². The van der Waals surface area contributed by atoms with Crippen molar-refractivity contribution in [3.63, 3.8) is 0 Å². The summed E-state index contributed by atoms with van der Waals surface area (Å²) in [6, 6.07) is 6.40. The van der Waals surface area contributed by atoms with Gasteiger partial charge in [0.1, 0.15) is 0 Å². The number of ether oxygens (including phenoxy) is 1. The standard InChI is InChI=1S/C12H20N2O/c1-3-6-12(10-15-2)14-9-11-7-4-5-8-13-11/h4-5,7-8,12,14H,3,6,9-10H2,1-2H3. The molecule has 1 heterocycles. The Balaban J connectivity index is 2.33. The molecular formula is C12H20N2O. The monoisotopic (exact) mass is 208 g/mol. The van der Waals surface area contributed by atoms with Gasteiger partial charge in [-0.15, -0.1) is 0 Å². The lowest BCUT2D eigenvalue weighted by Gasteiger charge is -2.16. The minimum Gasteiger partial charge on any atom is -0.383 e. The highest BCUT2D eigenvalue weighted by atomic mass is 16.5. The fourth-order valence-electron chi connectivity index (χ4n) is 1.55. The molecule has 84 valence electrons. The topological polar surface area (TPSA) is 34.1 Å². The molecule has 1 N–H and O–H groups in total. The molecule has 0 aromatic carbocycles. The first-order chi connectivity index (χ1) is 7.36. The van der Waals surface area contributed by atoms with Crippen LogP contribution in [0.5, 0.6) is 0 Å². The molecule has 3 nitrogen and oxygen atoms in total. The van der Waals surface area contributed by atoms with Crippen LogP contribution in [-0.4, -0.2) is 24.7 Å². The van der Waals surface area contributed by atoms with Crippen LogP contribution in [0.15, 0.2) is 24.4 Å². The zero-order chi connectivity index (χ0) is 10.9. The van der Waals surface area contributed by atoms with Crippen molar-refractivity contribution in [3.8, 4) is 0 Å². The van der Waals surface area contributed by atoms with E-state index >= 15 is 0 Å². The minimum absolute atomic E-state index is 0.432. The minimum atomic E-state index is 0.432. The zero-order valence-corrected chi connectivity index (χ0v) is 9.57. The van der Waals surface area contributed by atoms with E-state index in [-0.39, 0.29) is 0 Å². The Morgan fingerprint density at radius 2 is 2.33 bits per heavy atom. The number of hydrogen-bond donors (Lipinski definition) is 1. The average molecular weight is 208 g/mol. The van der Waals surface area contributed by atoms with Crippen molar-refractivity contribution in [2.45, 2.75) is 32.4 Å². The first-order valence-corrected chi connectivity index (χ1v) is 5.49. The Labute approximate surface area is 91.9 Å². The quantitative estimate of drug-likeness (QED) is 0.744. The van der Waals surface area contributed by atoms with Gasteiger partial charge in [0, 0.05) is 25.9 Å². The van der Waals surface area contributed by atoms with Gasteiger partial charge in [0.25, 0.3) is 0 Å². The van der Waals surface area contributed by atoms with E-state index in [0.29, 0.717) is 6.04 Å². The van der Waals surface area contributed by atoms with E-state index in [1.54, 1.807) is 7.11 Å². The highest BCUT2D eigenvalue weighted by molar-refractivity contribution is 5.03. The molecule has 0 radical (unpaired) electrons. The maximum atomic E-state index is 5.16. The smallest absolute Gasteiger partial charge is 0.0615 e. The van der Waals surface area contributed by atoms with Gasteiger partial charge in [-0.05, 0) is 18.6 Å². The Morgan fingerprint density at radius 1 is 1.47 bits per heavy atom. The molecule has 0 amide bonds. The van der Waals surface area contributed by atoms with Gasteiger partial charge >= 0.3 is 0 Å². The van der Waals surface area contributed by atoms with Gasteiger partial charge in [-0.3, -0.25) is 4.98 Å². The second-order valence-electron chi connectivity index (χ2n) is 3.64. The third-order valence-corrected chi connectivity index (χ3v) is 2.30. The van der Waals surface area contributed by atoms with Crippen LogP contribution in [0.4, 0.5) is 0 Å². The van der Waals surface area contributed by atoms with Crippen molar-refractivity contribution >= 4 is 0 Å².